The average Bonchev–Trinajstić information content (AvgIpc) is 2.30. The zero-order chi connectivity index (χ0) is 13.6. The van der Waals surface area contributed by atoms with Gasteiger partial charge in [0.2, 0.25) is 10.0 Å². The summed E-state index contributed by atoms with van der Waals surface area (Å²) in [7, 11) is -3.43. The lowest BCUT2D eigenvalue weighted by Crippen LogP contribution is -2.35. The summed E-state index contributed by atoms with van der Waals surface area (Å²) in [5.74, 6) is 2.58. The maximum atomic E-state index is 11.6. The summed E-state index contributed by atoms with van der Waals surface area (Å²) in [6, 6.07) is 6.37. The van der Waals surface area contributed by atoms with E-state index < -0.39 is 16.1 Å². The van der Waals surface area contributed by atoms with Crippen LogP contribution in [0.3, 0.4) is 0 Å². The zero-order valence-electron chi connectivity index (χ0n) is 10.1. The van der Waals surface area contributed by atoms with Crippen molar-refractivity contribution >= 4 is 15.7 Å². The highest BCUT2D eigenvalue weighted by molar-refractivity contribution is 7.89. The van der Waals surface area contributed by atoms with Crippen LogP contribution in [0.15, 0.2) is 24.3 Å². The number of hydrogen-bond donors (Lipinski definition) is 2. The molecular formula is C12H16N2O3S. The number of sulfonamides is 1. The van der Waals surface area contributed by atoms with E-state index in [0.29, 0.717) is 11.4 Å². The third-order valence-corrected chi connectivity index (χ3v) is 3.55. The molecule has 1 rings (SSSR count). The molecule has 0 amide bonds. The fraction of sp³-hybridized carbons (Fsp3) is 0.333. The molecule has 0 aliphatic heterocycles. The molecule has 0 aliphatic carbocycles. The molecule has 0 saturated carbocycles. The number of nitrogen functional groups attached to an aromatic ring is 1. The van der Waals surface area contributed by atoms with Crippen molar-refractivity contribution in [2.24, 2.45) is 0 Å². The van der Waals surface area contributed by atoms with Crippen molar-refractivity contribution in [1.29, 1.82) is 0 Å². The molecule has 0 heterocycles. The molecule has 1 unspecified atom stereocenters. The largest absolute Gasteiger partial charge is 0.490 e. The molecule has 5 nitrogen and oxygen atoms in total. The second-order valence-electron chi connectivity index (χ2n) is 3.71. The second kappa shape index (κ2) is 6.28. The van der Waals surface area contributed by atoms with E-state index in [0.717, 1.165) is 0 Å². The lowest BCUT2D eigenvalue weighted by atomic mass is 10.3. The number of hydrogen-bond acceptors (Lipinski definition) is 4. The predicted octanol–water partition coefficient (Wildman–Crippen LogP) is 0.589. The number of nitrogens with two attached hydrogens (primary N) is 1. The zero-order valence-corrected chi connectivity index (χ0v) is 10.9. The first-order chi connectivity index (χ1) is 8.44. The Morgan fingerprint density at radius 2 is 2.17 bits per heavy atom. The van der Waals surface area contributed by atoms with E-state index in [2.05, 4.69) is 10.6 Å². The van der Waals surface area contributed by atoms with Crippen molar-refractivity contribution < 1.29 is 13.2 Å². The lowest BCUT2D eigenvalue weighted by Gasteiger charge is -2.11. The molecule has 0 aromatic heterocycles. The van der Waals surface area contributed by atoms with Gasteiger partial charge in [-0.15, -0.1) is 6.42 Å². The number of terminal acetylenes is 1. The number of ether oxygens (including phenoxy) is 1. The van der Waals surface area contributed by atoms with E-state index in [9.17, 15) is 8.42 Å². The number of nitrogens with one attached hydrogen (secondary N) is 1. The van der Waals surface area contributed by atoms with Crippen LogP contribution < -0.4 is 15.2 Å². The van der Waals surface area contributed by atoms with E-state index in [-0.39, 0.29) is 12.4 Å². The molecular weight excluding hydrogens is 252 g/mol. The highest BCUT2D eigenvalue weighted by Crippen LogP contribution is 2.19. The van der Waals surface area contributed by atoms with Crippen LogP contribution in [-0.2, 0) is 10.0 Å². The molecule has 0 saturated heterocycles. The van der Waals surface area contributed by atoms with Gasteiger partial charge in [-0.3, -0.25) is 0 Å². The Kier molecular flexibility index (Phi) is 5.01. The van der Waals surface area contributed by atoms with Gasteiger partial charge in [0, 0.05) is 0 Å². The molecule has 3 N–H and O–H groups in total. The molecule has 98 valence electrons. The summed E-state index contributed by atoms with van der Waals surface area (Å²) in [6.07, 6.45) is 5.09. The van der Waals surface area contributed by atoms with Gasteiger partial charge in [-0.25, -0.2) is 13.1 Å². The average molecular weight is 268 g/mol. The Balaban J connectivity index is 2.48. The molecule has 18 heavy (non-hydrogen) atoms. The topological polar surface area (TPSA) is 81.4 Å². The highest BCUT2D eigenvalue weighted by Gasteiger charge is 2.13. The number of benzene rings is 1. The minimum absolute atomic E-state index is 0.0147. The van der Waals surface area contributed by atoms with Crippen molar-refractivity contribution in [1.82, 2.24) is 4.72 Å². The van der Waals surface area contributed by atoms with Crippen molar-refractivity contribution in [2.45, 2.75) is 13.0 Å². The summed E-state index contributed by atoms with van der Waals surface area (Å²) in [5.41, 5.74) is 6.13. The van der Waals surface area contributed by atoms with Gasteiger partial charge in [0.05, 0.1) is 17.5 Å². The van der Waals surface area contributed by atoms with Crippen LogP contribution >= 0.6 is 0 Å². The van der Waals surface area contributed by atoms with Gasteiger partial charge in [0.15, 0.2) is 0 Å². The summed E-state index contributed by atoms with van der Waals surface area (Å²) in [4.78, 5) is 0. The molecule has 6 heteroatoms. The van der Waals surface area contributed by atoms with E-state index >= 15 is 0 Å². The normalized spacial score (nSPS) is 12.7. The van der Waals surface area contributed by atoms with Gasteiger partial charge in [-0.2, -0.15) is 0 Å². The first kappa shape index (κ1) is 14.4. The Bertz CT molecular complexity index is 534. The molecule has 0 radical (unpaired) electrons. The van der Waals surface area contributed by atoms with Gasteiger partial charge < -0.3 is 10.5 Å². The highest BCUT2D eigenvalue weighted by atomic mass is 32.2. The smallest absolute Gasteiger partial charge is 0.216 e. The molecule has 1 aromatic carbocycles. The SMILES string of the molecule is C#CC(C)NS(=O)(=O)CCOc1ccccc1N. The lowest BCUT2D eigenvalue weighted by molar-refractivity contribution is 0.342. The molecule has 1 atom stereocenters. The van der Waals surface area contributed by atoms with Crippen molar-refractivity contribution in [3.05, 3.63) is 24.3 Å². The first-order valence-corrected chi connectivity index (χ1v) is 7.03. The molecule has 0 spiro atoms. The molecule has 0 bridgehead atoms. The Labute approximate surface area is 107 Å². The Morgan fingerprint density at radius 1 is 1.50 bits per heavy atom. The number of para-hydroxylation sites is 2. The van der Waals surface area contributed by atoms with Crippen molar-refractivity contribution in [3.63, 3.8) is 0 Å². The van der Waals surface area contributed by atoms with E-state index in [1.54, 1.807) is 31.2 Å². The van der Waals surface area contributed by atoms with E-state index in [1.165, 1.54) is 0 Å². The minimum atomic E-state index is -3.43. The summed E-state index contributed by atoms with van der Waals surface area (Å²) >= 11 is 0. The van der Waals surface area contributed by atoms with Crippen LogP contribution in [0.25, 0.3) is 0 Å². The van der Waals surface area contributed by atoms with Crippen molar-refractivity contribution in [2.75, 3.05) is 18.1 Å². The van der Waals surface area contributed by atoms with Crippen LogP contribution in [-0.4, -0.2) is 26.8 Å². The minimum Gasteiger partial charge on any atom is -0.490 e. The fourth-order valence-electron chi connectivity index (χ4n) is 1.24. The van der Waals surface area contributed by atoms with Gasteiger partial charge in [-0.1, -0.05) is 18.1 Å². The Hall–Kier alpha value is -1.71. The second-order valence-corrected chi connectivity index (χ2v) is 5.58. The van der Waals surface area contributed by atoms with Crippen LogP contribution in [0.2, 0.25) is 0 Å². The fourth-order valence-corrected chi connectivity index (χ4v) is 2.26. The Morgan fingerprint density at radius 3 is 2.78 bits per heavy atom. The van der Waals surface area contributed by atoms with Gasteiger partial charge in [0.25, 0.3) is 0 Å². The maximum Gasteiger partial charge on any atom is 0.216 e. The van der Waals surface area contributed by atoms with E-state index in [4.69, 9.17) is 16.9 Å². The standard InChI is InChI=1S/C12H16N2O3S/c1-3-10(2)14-18(15,16)9-8-17-12-7-5-4-6-11(12)13/h1,4-7,10,14H,8-9,13H2,2H3. The quantitative estimate of drug-likeness (QED) is 0.584. The summed E-state index contributed by atoms with van der Waals surface area (Å²) < 4.78 is 30.7. The summed E-state index contributed by atoms with van der Waals surface area (Å²) in [6.45, 7) is 1.61. The monoisotopic (exact) mass is 268 g/mol. The van der Waals surface area contributed by atoms with Crippen molar-refractivity contribution in [3.8, 4) is 18.1 Å². The van der Waals surface area contributed by atoms with Crippen LogP contribution in [0.4, 0.5) is 5.69 Å². The predicted molar refractivity (Wildman–Crippen MR) is 71.6 cm³/mol. The summed E-state index contributed by atoms with van der Waals surface area (Å²) in [5, 5.41) is 0. The number of anilines is 1. The third kappa shape index (κ3) is 4.65. The van der Waals surface area contributed by atoms with Crippen LogP contribution in [0, 0.1) is 12.3 Å². The van der Waals surface area contributed by atoms with Gasteiger partial charge in [0.1, 0.15) is 12.4 Å². The maximum absolute atomic E-state index is 11.6. The number of rotatable bonds is 6. The molecule has 1 aromatic rings. The molecule has 0 aliphatic rings. The molecule has 0 fully saturated rings. The first-order valence-electron chi connectivity index (χ1n) is 5.38. The van der Waals surface area contributed by atoms with E-state index in [1.807, 2.05) is 0 Å². The van der Waals surface area contributed by atoms with Gasteiger partial charge >= 0.3 is 0 Å². The third-order valence-electron chi connectivity index (χ3n) is 2.13. The van der Waals surface area contributed by atoms with Crippen LogP contribution in [0.5, 0.6) is 5.75 Å². The van der Waals surface area contributed by atoms with Gasteiger partial charge in [-0.05, 0) is 19.1 Å². The van der Waals surface area contributed by atoms with Crippen LogP contribution in [0.1, 0.15) is 6.92 Å².